The summed E-state index contributed by atoms with van der Waals surface area (Å²) in [6, 6.07) is 13.7. The molecule has 0 spiro atoms. The van der Waals surface area contributed by atoms with Gasteiger partial charge in [0.2, 0.25) is 0 Å². The quantitative estimate of drug-likeness (QED) is 0.836. The van der Waals surface area contributed by atoms with Gasteiger partial charge in [0.1, 0.15) is 0 Å². The zero-order chi connectivity index (χ0) is 17.8. The number of nitrogens with zero attached hydrogens (tertiary/aromatic N) is 1. The molecule has 2 atom stereocenters. The zero-order valence-electron chi connectivity index (χ0n) is 14.6. The number of ether oxygens (including phenoxy) is 2. The van der Waals surface area contributed by atoms with Crippen LogP contribution in [0.1, 0.15) is 36.1 Å². The maximum Gasteiger partial charge on any atom is 0.161 e. The van der Waals surface area contributed by atoms with Gasteiger partial charge in [0.15, 0.2) is 11.5 Å². The highest BCUT2D eigenvalue weighted by Crippen LogP contribution is 2.37. The Labute approximate surface area is 153 Å². The lowest BCUT2D eigenvalue weighted by atomic mass is 10.0. The molecule has 0 saturated carbocycles. The molecule has 5 heteroatoms. The second kappa shape index (κ2) is 8.09. The Kier molecular flexibility index (Phi) is 5.84. The van der Waals surface area contributed by atoms with Gasteiger partial charge < -0.3 is 14.6 Å². The molecule has 1 heterocycles. The highest BCUT2D eigenvalue weighted by Gasteiger charge is 2.28. The van der Waals surface area contributed by atoms with Crippen LogP contribution in [0, 0.1) is 0 Å². The molecule has 1 aliphatic heterocycles. The summed E-state index contributed by atoms with van der Waals surface area (Å²) in [5, 5.41) is 11.3. The summed E-state index contributed by atoms with van der Waals surface area (Å²) in [7, 11) is 3.29. The second-order valence-electron chi connectivity index (χ2n) is 6.33. The van der Waals surface area contributed by atoms with E-state index in [0.717, 1.165) is 36.4 Å². The Morgan fingerprint density at radius 2 is 1.84 bits per heavy atom. The van der Waals surface area contributed by atoms with E-state index in [2.05, 4.69) is 11.0 Å². The van der Waals surface area contributed by atoms with E-state index in [9.17, 15) is 5.11 Å². The summed E-state index contributed by atoms with van der Waals surface area (Å²) in [5.41, 5.74) is 2.08. The van der Waals surface area contributed by atoms with Crippen molar-refractivity contribution < 1.29 is 14.6 Å². The molecule has 0 radical (unpaired) electrons. The number of aliphatic hydroxyl groups excluding tert-OH is 1. The van der Waals surface area contributed by atoms with E-state index < -0.39 is 6.10 Å². The van der Waals surface area contributed by atoms with Crippen molar-refractivity contribution >= 4 is 11.6 Å². The monoisotopic (exact) mass is 361 g/mol. The molecule has 134 valence electrons. The Bertz CT molecular complexity index is 705. The number of benzene rings is 2. The molecule has 25 heavy (non-hydrogen) atoms. The van der Waals surface area contributed by atoms with Crippen LogP contribution in [-0.4, -0.2) is 37.3 Å². The smallest absolute Gasteiger partial charge is 0.161 e. The average molecular weight is 362 g/mol. The molecule has 0 bridgehead atoms. The fourth-order valence-electron chi connectivity index (χ4n) is 3.49. The van der Waals surface area contributed by atoms with Crippen LogP contribution >= 0.6 is 11.6 Å². The van der Waals surface area contributed by atoms with Crippen LogP contribution in [-0.2, 0) is 0 Å². The Balaban J connectivity index is 1.75. The van der Waals surface area contributed by atoms with Gasteiger partial charge in [-0.1, -0.05) is 29.8 Å². The molecule has 1 aliphatic rings. The van der Waals surface area contributed by atoms with E-state index in [1.165, 1.54) is 5.56 Å². The SMILES string of the molecule is COc1ccc([C@@H]2CCCN2C[C@@H](O)c2ccc(Cl)cc2)cc1OC. The van der Waals surface area contributed by atoms with Gasteiger partial charge >= 0.3 is 0 Å². The van der Waals surface area contributed by atoms with Gasteiger partial charge in [-0.25, -0.2) is 0 Å². The van der Waals surface area contributed by atoms with Gasteiger partial charge in [0.25, 0.3) is 0 Å². The molecule has 0 unspecified atom stereocenters. The largest absolute Gasteiger partial charge is 0.493 e. The standard InChI is InChI=1S/C20H24ClNO3/c1-24-19-10-7-15(12-20(19)25-2)17-4-3-11-22(17)13-18(23)14-5-8-16(21)9-6-14/h5-10,12,17-18,23H,3-4,11,13H2,1-2H3/t17-,18+/m0/s1. The molecule has 3 rings (SSSR count). The lowest BCUT2D eigenvalue weighted by molar-refractivity contribution is 0.106. The summed E-state index contributed by atoms with van der Waals surface area (Å²) in [6.07, 6.45) is 1.66. The van der Waals surface area contributed by atoms with E-state index >= 15 is 0 Å². The Morgan fingerprint density at radius 3 is 2.52 bits per heavy atom. The van der Waals surface area contributed by atoms with Crippen LogP contribution in [0.4, 0.5) is 0 Å². The third-order valence-corrected chi connectivity index (χ3v) is 5.07. The lowest BCUT2D eigenvalue weighted by Gasteiger charge is -2.27. The molecule has 2 aromatic carbocycles. The van der Waals surface area contributed by atoms with Crippen molar-refractivity contribution in [1.82, 2.24) is 4.90 Å². The van der Waals surface area contributed by atoms with Crippen LogP contribution < -0.4 is 9.47 Å². The average Bonchev–Trinajstić information content (AvgIpc) is 3.09. The second-order valence-corrected chi connectivity index (χ2v) is 6.77. The van der Waals surface area contributed by atoms with Crippen molar-refractivity contribution in [2.75, 3.05) is 27.3 Å². The van der Waals surface area contributed by atoms with Crippen LogP contribution in [0.2, 0.25) is 5.02 Å². The van der Waals surface area contributed by atoms with Crippen LogP contribution in [0.5, 0.6) is 11.5 Å². The maximum atomic E-state index is 10.6. The third kappa shape index (κ3) is 4.09. The molecule has 2 aromatic rings. The van der Waals surface area contributed by atoms with Crippen molar-refractivity contribution in [3.05, 3.63) is 58.6 Å². The number of halogens is 1. The first kappa shape index (κ1) is 18.1. The van der Waals surface area contributed by atoms with E-state index in [1.807, 2.05) is 36.4 Å². The topological polar surface area (TPSA) is 41.9 Å². The van der Waals surface area contributed by atoms with Gasteiger partial charge in [-0.15, -0.1) is 0 Å². The highest BCUT2D eigenvalue weighted by molar-refractivity contribution is 6.30. The number of hydrogen-bond donors (Lipinski definition) is 1. The highest BCUT2D eigenvalue weighted by atomic mass is 35.5. The molecule has 0 aliphatic carbocycles. The van der Waals surface area contributed by atoms with Crippen LogP contribution in [0.15, 0.2) is 42.5 Å². The normalized spacial score (nSPS) is 19.0. The van der Waals surface area contributed by atoms with Gasteiger partial charge in [-0.2, -0.15) is 0 Å². The first-order chi connectivity index (χ1) is 12.1. The molecular weight excluding hydrogens is 338 g/mol. The van der Waals surface area contributed by atoms with Gasteiger partial charge in [-0.05, 0) is 54.8 Å². The molecule has 0 amide bonds. The summed E-state index contributed by atoms with van der Waals surface area (Å²) in [6.45, 7) is 1.57. The number of rotatable bonds is 6. The first-order valence-corrected chi connectivity index (χ1v) is 8.89. The number of methoxy groups -OCH3 is 2. The number of likely N-dealkylation sites (tertiary alicyclic amines) is 1. The molecule has 0 aromatic heterocycles. The van der Waals surface area contributed by atoms with E-state index in [4.69, 9.17) is 21.1 Å². The summed E-state index contributed by atoms with van der Waals surface area (Å²) >= 11 is 5.93. The fraction of sp³-hybridized carbons (Fsp3) is 0.400. The number of β-amino-alcohol motifs (C(OH)–C–C–N with tert-alkyl or cyclic N) is 1. The van der Waals surface area contributed by atoms with Crippen molar-refractivity contribution in [3.63, 3.8) is 0 Å². The first-order valence-electron chi connectivity index (χ1n) is 8.52. The Hall–Kier alpha value is -1.75. The van der Waals surface area contributed by atoms with Crippen molar-refractivity contribution in [2.24, 2.45) is 0 Å². The minimum absolute atomic E-state index is 0.279. The van der Waals surface area contributed by atoms with Gasteiger partial charge in [-0.3, -0.25) is 4.90 Å². The van der Waals surface area contributed by atoms with Crippen molar-refractivity contribution in [2.45, 2.75) is 25.0 Å². The van der Waals surface area contributed by atoms with Crippen LogP contribution in [0.3, 0.4) is 0 Å². The molecule has 1 N–H and O–H groups in total. The molecule has 1 fully saturated rings. The van der Waals surface area contributed by atoms with E-state index in [-0.39, 0.29) is 6.04 Å². The van der Waals surface area contributed by atoms with Crippen molar-refractivity contribution in [3.8, 4) is 11.5 Å². The predicted octanol–water partition coefficient (Wildman–Crippen LogP) is 4.23. The zero-order valence-corrected chi connectivity index (χ0v) is 15.4. The summed E-state index contributed by atoms with van der Waals surface area (Å²) < 4.78 is 10.8. The maximum absolute atomic E-state index is 10.6. The third-order valence-electron chi connectivity index (χ3n) is 4.82. The number of hydrogen-bond acceptors (Lipinski definition) is 4. The van der Waals surface area contributed by atoms with Gasteiger partial charge in [0.05, 0.1) is 20.3 Å². The van der Waals surface area contributed by atoms with Crippen molar-refractivity contribution in [1.29, 1.82) is 0 Å². The predicted molar refractivity (Wildman–Crippen MR) is 99.5 cm³/mol. The van der Waals surface area contributed by atoms with Crippen LogP contribution in [0.25, 0.3) is 0 Å². The lowest BCUT2D eigenvalue weighted by Crippen LogP contribution is -2.28. The fourth-order valence-corrected chi connectivity index (χ4v) is 3.62. The minimum atomic E-state index is -0.530. The Morgan fingerprint density at radius 1 is 1.12 bits per heavy atom. The number of aliphatic hydroxyl groups is 1. The molecule has 4 nitrogen and oxygen atoms in total. The van der Waals surface area contributed by atoms with E-state index in [0.29, 0.717) is 11.6 Å². The van der Waals surface area contributed by atoms with E-state index in [1.54, 1.807) is 14.2 Å². The summed E-state index contributed by atoms with van der Waals surface area (Å²) in [5.74, 6) is 1.47. The minimum Gasteiger partial charge on any atom is -0.493 e. The summed E-state index contributed by atoms with van der Waals surface area (Å²) in [4.78, 5) is 2.33. The molecule has 1 saturated heterocycles. The van der Waals surface area contributed by atoms with Gasteiger partial charge in [0, 0.05) is 17.6 Å². The molecular formula is C20H24ClNO3.